The summed E-state index contributed by atoms with van der Waals surface area (Å²) >= 11 is 0. The minimum atomic E-state index is 0.306. The number of para-hydroxylation sites is 1. The average Bonchev–Trinajstić information content (AvgIpc) is 2.73. The summed E-state index contributed by atoms with van der Waals surface area (Å²) in [7, 11) is 8.80. The average molecular weight is 383 g/mol. The zero-order chi connectivity index (χ0) is 20.4. The molecule has 29 heavy (non-hydrogen) atoms. The predicted molar refractivity (Wildman–Crippen MR) is 123 cm³/mol. The summed E-state index contributed by atoms with van der Waals surface area (Å²) < 4.78 is 3.19. The molecular formula is C27H30N2+2. The third-order valence-electron chi connectivity index (χ3n) is 5.83. The van der Waals surface area contributed by atoms with Crippen LogP contribution in [0.25, 0.3) is 10.9 Å². The maximum Gasteiger partial charge on any atom is 0.212 e. The molecule has 4 rings (SSSR count). The van der Waals surface area contributed by atoms with E-state index in [1.807, 2.05) is 0 Å². The predicted octanol–water partition coefficient (Wildman–Crippen LogP) is 5.24. The summed E-state index contributed by atoms with van der Waals surface area (Å²) in [5, 5.41) is 1.28. The number of benzene rings is 3. The van der Waals surface area contributed by atoms with Crippen molar-refractivity contribution in [2.24, 2.45) is 7.05 Å². The molecule has 0 amide bonds. The first-order valence-electron chi connectivity index (χ1n) is 10.3. The Labute approximate surface area is 174 Å². The fourth-order valence-electron chi connectivity index (χ4n) is 4.10. The summed E-state index contributed by atoms with van der Waals surface area (Å²) in [6, 6.07) is 33.1. The van der Waals surface area contributed by atoms with Gasteiger partial charge in [-0.15, -0.1) is 0 Å². The maximum atomic E-state index is 2.35. The Kier molecular flexibility index (Phi) is 5.21. The lowest BCUT2D eigenvalue weighted by Gasteiger charge is -2.23. The summed E-state index contributed by atoms with van der Waals surface area (Å²) in [6.45, 7) is 0. The van der Waals surface area contributed by atoms with Crippen molar-refractivity contribution in [3.8, 4) is 0 Å². The second-order valence-electron chi connectivity index (χ2n) is 8.72. The quantitative estimate of drug-likeness (QED) is 0.328. The molecular weight excluding hydrogens is 352 g/mol. The van der Waals surface area contributed by atoms with Gasteiger partial charge in [0, 0.05) is 17.5 Å². The standard InChI is InChI=1S/C27H30N2/c1-28-26-13-9-8-12-23(26)16-19-27(28)25(22-10-6-5-7-11-22)20-21-14-17-24(18-15-21)29(2,3)4/h5-19,25H,20H2,1-4H3/q+2/t25-/m0/s1. The zero-order valence-corrected chi connectivity index (χ0v) is 17.8. The Bertz CT molecular complexity index is 1110. The highest BCUT2D eigenvalue weighted by Gasteiger charge is 2.24. The third kappa shape index (κ3) is 4.08. The number of aryl methyl sites for hydroxylation is 1. The molecule has 1 aromatic heterocycles. The second-order valence-corrected chi connectivity index (χ2v) is 8.72. The van der Waals surface area contributed by atoms with Crippen molar-refractivity contribution >= 4 is 16.6 Å². The van der Waals surface area contributed by atoms with Crippen molar-refractivity contribution in [2.75, 3.05) is 21.1 Å². The number of nitrogens with zero attached hydrogens (tertiary/aromatic N) is 2. The minimum absolute atomic E-state index is 0.306. The van der Waals surface area contributed by atoms with Gasteiger partial charge in [-0.25, -0.2) is 0 Å². The van der Waals surface area contributed by atoms with Gasteiger partial charge in [0.15, 0.2) is 5.69 Å². The van der Waals surface area contributed by atoms with Crippen LogP contribution in [-0.4, -0.2) is 21.1 Å². The molecule has 146 valence electrons. The van der Waals surface area contributed by atoms with Crippen molar-refractivity contribution < 1.29 is 4.57 Å². The Morgan fingerprint density at radius 2 is 1.38 bits per heavy atom. The lowest BCUT2D eigenvalue weighted by Crippen LogP contribution is -2.36. The van der Waals surface area contributed by atoms with Gasteiger partial charge < -0.3 is 0 Å². The maximum absolute atomic E-state index is 2.35. The van der Waals surface area contributed by atoms with Gasteiger partial charge in [0.05, 0.1) is 27.1 Å². The molecule has 1 heterocycles. The monoisotopic (exact) mass is 382 g/mol. The van der Waals surface area contributed by atoms with Crippen molar-refractivity contribution in [2.45, 2.75) is 12.3 Å². The van der Waals surface area contributed by atoms with Crippen LogP contribution in [0.3, 0.4) is 0 Å². The molecule has 1 atom stereocenters. The van der Waals surface area contributed by atoms with Crippen molar-refractivity contribution in [1.29, 1.82) is 0 Å². The molecule has 0 aliphatic heterocycles. The summed E-state index contributed by atoms with van der Waals surface area (Å²) in [6.07, 6.45) is 0.980. The van der Waals surface area contributed by atoms with E-state index in [0.717, 1.165) is 10.9 Å². The van der Waals surface area contributed by atoms with Crippen LogP contribution in [0, 0.1) is 0 Å². The van der Waals surface area contributed by atoms with E-state index in [1.54, 1.807) is 0 Å². The number of aromatic nitrogens is 1. The van der Waals surface area contributed by atoms with Gasteiger partial charge in [-0.3, -0.25) is 4.48 Å². The largest absolute Gasteiger partial charge is 0.298 e. The van der Waals surface area contributed by atoms with Crippen LogP contribution in [0.5, 0.6) is 0 Å². The molecule has 0 fully saturated rings. The highest BCUT2D eigenvalue weighted by Crippen LogP contribution is 2.29. The smallest absolute Gasteiger partial charge is 0.212 e. The summed E-state index contributed by atoms with van der Waals surface area (Å²) in [5.41, 5.74) is 6.65. The van der Waals surface area contributed by atoms with Crippen molar-refractivity contribution in [3.63, 3.8) is 0 Å². The summed E-state index contributed by atoms with van der Waals surface area (Å²) in [4.78, 5) is 0. The van der Waals surface area contributed by atoms with Gasteiger partial charge in [0.25, 0.3) is 0 Å². The van der Waals surface area contributed by atoms with Crippen LogP contribution >= 0.6 is 0 Å². The molecule has 0 saturated heterocycles. The highest BCUT2D eigenvalue weighted by molar-refractivity contribution is 5.75. The Morgan fingerprint density at radius 1 is 0.724 bits per heavy atom. The van der Waals surface area contributed by atoms with Crippen LogP contribution < -0.4 is 9.05 Å². The van der Waals surface area contributed by atoms with Gasteiger partial charge in [-0.05, 0) is 41.8 Å². The van der Waals surface area contributed by atoms with E-state index < -0.39 is 0 Å². The first-order chi connectivity index (χ1) is 13.9. The highest BCUT2D eigenvalue weighted by atomic mass is 15.3. The SMILES string of the molecule is C[n+]1c([C@@H](Cc2ccc([N+](C)(C)C)cc2)c2ccccc2)ccc2ccccc21. The molecule has 0 unspecified atom stereocenters. The molecule has 0 radical (unpaired) electrons. The molecule has 3 aromatic carbocycles. The molecule has 2 heteroatoms. The van der Waals surface area contributed by atoms with Crippen LogP contribution in [0.1, 0.15) is 22.7 Å². The van der Waals surface area contributed by atoms with Crippen molar-refractivity contribution in [3.05, 3.63) is 108 Å². The number of hydrogen-bond donors (Lipinski definition) is 0. The van der Waals surface area contributed by atoms with E-state index in [1.165, 1.54) is 33.4 Å². The number of quaternary nitrogens is 1. The van der Waals surface area contributed by atoms with Gasteiger partial charge >= 0.3 is 0 Å². The molecule has 0 aliphatic rings. The lowest BCUT2D eigenvalue weighted by molar-refractivity contribution is -0.653. The normalized spacial score (nSPS) is 12.8. The molecule has 2 nitrogen and oxygen atoms in total. The van der Waals surface area contributed by atoms with Gasteiger partial charge in [0.2, 0.25) is 5.52 Å². The fraction of sp³-hybridized carbons (Fsp3) is 0.222. The number of hydrogen-bond acceptors (Lipinski definition) is 0. The molecule has 0 N–H and O–H groups in total. The first-order valence-corrected chi connectivity index (χ1v) is 10.3. The number of fused-ring (bicyclic) bond motifs is 1. The minimum Gasteiger partial charge on any atom is -0.298 e. The van der Waals surface area contributed by atoms with Crippen LogP contribution in [-0.2, 0) is 13.5 Å². The van der Waals surface area contributed by atoms with E-state index in [9.17, 15) is 0 Å². The Balaban J connectivity index is 1.77. The number of rotatable bonds is 5. The fourth-order valence-corrected chi connectivity index (χ4v) is 4.10. The van der Waals surface area contributed by atoms with E-state index in [-0.39, 0.29) is 0 Å². The van der Waals surface area contributed by atoms with Crippen LogP contribution in [0.15, 0.2) is 91.0 Å². The van der Waals surface area contributed by atoms with Crippen LogP contribution in [0.2, 0.25) is 0 Å². The van der Waals surface area contributed by atoms with Gasteiger partial charge in [-0.2, -0.15) is 4.57 Å². The molecule has 0 saturated carbocycles. The van der Waals surface area contributed by atoms with E-state index in [4.69, 9.17) is 0 Å². The molecule has 0 bridgehead atoms. The van der Waals surface area contributed by atoms with E-state index in [2.05, 4.69) is 124 Å². The van der Waals surface area contributed by atoms with E-state index >= 15 is 0 Å². The Hall–Kier alpha value is -2.97. The van der Waals surface area contributed by atoms with Crippen molar-refractivity contribution in [1.82, 2.24) is 4.48 Å². The first kappa shape index (κ1) is 19.4. The molecule has 4 aromatic rings. The molecule has 0 aliphatic carbocycles. The topological polar surface area (TPSA) is 3.88 Å². The van der Waals surface area contributed by atoms with Gasteiger partial charge in [-0.1, -0.05) is 54.6 Å². The lowest BCUT2D eigenvalue weighted by atomic mass is 9.88. The second kappa shape index (κ2) is 7.81. The van der Waals surface area contributed by atoms with E-state index in [0.29, 0.717) is 5.92 Å². The van der Waals surface area contributed by atoms with Gasteiger partial charge in [0.1, 0.15) is 12.7 Å². The number of pyridine rings is 1. The molecule has 0 spiro atoms. The summed E-state index contributed by atoms with van der Waals surface area (Å²) in [5.74, 6) is 0.306. The zero-order valence-electron chi connectivity index (χ0n) is 17.8. The third-order valence-corrected chi connectivity index (χ3v) is 5.83. The Morgan fingerprint density at radius 3 is 2.07 bits per heavy atom. The van der Waals surface area contributed by atoms with Crippen LogP contribution in [0.4, 0.5) is 5.69 Å².